The Morgan fingerprint density at radius 2 is 0.815 bits per heavy atom. The molecule has 1 fully saturated rings. The summed E-state index contributed by atoms with van der Waals surface area (Å²) >= 11 is 0. The van der Waals surface area contributed by atoms with E-state index < -0.39 is 0 Å². The van der Waals surface area contributed by atoms with E-state index >= 15 is 0 Å². The van der Waals surface area contributed by atoms with E-state index in [4.69, 9.17) is 18.9 Å². The molecule has 0 heterocycles. The van der Waals surface area contributed by atoms with Crippen molar-refractivity contribution >= 4 is 5.91 Å². The second kappa shape index (κ2) is 41.9. The van der Waals surface area contributed by atoms with Crippen molar-refractivity contribution in [3.8, 4) is 0 Å². The molecule has 1 amide bonds. The van der Waals surface area contributed by atoms with Crippen LogP contribution in [0.4, 0.5) is 0 Å². The first kappa shape index (κ1) is 53.3. The highest BCUT2D eigenvalue weighted by Crippen LogP contribution is 2.27. The predicted octanol–water partition coefficient (Wildman–Crippen LogP) is 13.0. The number of rotatable bonds is 38. The molecular weight excluding hydrogens is 673 g/mol. The Hall–Kier alpha value is -0.730. The van der Waals surface area contributed by atoms with Crippen LogP contribution in [0, 0.1) is 11.8 Å². The second-order valence-corrected chi connectivity index (χ2v) is 16.6. The van der Waals surface area contributed by atoms with Gasteiger partial charge in [-0.1, -0.05) is 150 Å². The molecular formula is C47H96N2O5. The summed E-state index contributed by atoms with van der Waals surface area (Å²) in [6.07, 6.45) is 33.5. The van der Waals surface area contributed by atoms with Crippen molar-refractivity contribution in [2.75, 3.05) is 52.6 Å². The molecule has 7 heteroatoms. The van der Waals surface area contributed by atoms with Crippen LogP contribution in [0.1, 0.15) is 222 Å². The van der Waals surface area contributed by atoms with Crippen LogP contribution in [-0.2, 0) is 23.7 Å². The highest BCUT2D eigenvalue weighted by Gasteiger charge is 2.13. The van der Waals surface area contributed by atoms with Gasteiger partial charge in [-0.05, 0) is 96.7 Å². The Morgan fingerprint density at radius 1 is 0.500 bits per heavy atom. The third-order valence-corrected chi connectivity index (χ3v) is 11.0. The van der Waals surface area contributed by atoms with Crippen molar-refractivity contribution in [3.05, 3.63) is 0 Å². The van der Waals surface area contributed by atoms with Gasteiger partial charge in [0.2, 0.25) is 5.91 Å². The fraction of sp³-hybridized carbons (Fsp3) is 0.979. The van der Waals surface area contributed by atoms with Gasteiger partial charge in [-0.25, -0.2) is 0 Å². The van der Waals surface area contributed by atoms with Gasteiger partial charge in [0.1, 0.15) is 0 Å². The van der Waals surface area contributed by atoms with Crippen LogP contribution in [-0.4, -0.2) is 76.0 Å². The molecule has 0 saturated heterocycles. The van der Waals surface area contributed by atoms with Crippen molar-refractivity contribution in [1.29, 1.82) is 0 Å². The average molecular weight is 769 g/mol. The summed E-state index contributed by atoms with van der Waals surface area (Å²) in [4.78, 5) is 14.1. The number of carbonyl (C=O) groups excluding carboxylic acids is 1. The van der Waals surface area contributed by atoms with E-state index in [0.717, 1.165) is 76.9 Å². The highest BCUT2D eigenvalue weighted by atomic mass is 16.7. The molecule has 0 aromatic carbocycles. The van der Waals surface area contributed by atoms with Gasteiger partial charge in [0.05, 0.1) is 0 Å². The summed E-state index contributed by atoms with van der Waals surface area (Å²) in [6.45, 7) is 22.8. The Bertz CT molecular complexity index is 738. The van der Waals surface area contributed by atoms with Crippen molar-refractivity contribution in [3.63, 3.8) is 0 Å². The van der Waals surface area contributed by atoms with Gasteiger partial charge in [0.15, 0.2) is 12.6 Å². The maximum Gasteiger partial charge on any atom is 0.219 e. The number of unbranched alkanes of at least 4 members (excludes halogenated alkanes) is 17. The Balaban J connectivity index is 0.00000307. The summed E-state index contributed by atoms with van der Waals surface area (Å²) < 4.78 is 23.4. The summed E-state index contributed by atoms with van der Waals surface area (Å²) in [7, 11) is 0. The number of nitrogens with one attached hydrogen (secondary N) is 1. The van der Waals surface area contributed by atoms with Crippen molar-refractivity contribution < 1.29 is 23.7 Å². The van der Waals surface area contributed by atoms with Crippen LogP contribution < -0.4 is 5.32 Å². The van der Waals surface area contributed by atoms with E-state index in [-0.39, 0.29) is 18.5 Å². The summed E-state index contributed by atoms with van der Waals surface area (Å²) in [5, 5.41) is 2.99. The maximum atomic E-state index is 11.4. The van der Waals surface area contributed by atoms with E-state index in [1.807, 2.05) is 20.8 Å². The fourth-order valence-electron chi connectivity index (χ4n) is 7.02. The minimum Gasteiger partial charge on any atom is -0.356 e. The van der Waals surface area contributed by atoms with Gasteiger partial charge in [0, 0.05) is 39.4 Å². The summed E-state index contributed by atoms with van der Waals surface area (Å²) in [6, 6.07) is 0. The number of ether oxygens (including phenoxy) is 4. The topological polar surface area (TPSA) is 69.3 Å². The SMILES string of the molecule is CC1CCC(C)CC1.CCCCCCCCOC(C)OCCCCCCN(CCCCCCNC(=O)CC)CCCCCCOC(C)OCCCCCC. The molecule has 2 atom stereocenters. The van der Waals surface area contributed by atoms with Crippen molar-refractivity contribution in [1.82, 2.24) is 10.2 Å². The molecule has 7 nitrogen and oxygen atoms in total. The molecule has 54 heavy (non-hydrogen) atoms. The molecule has 0 bridgehead atoms. The Kier molecular flexibility index (Phi) is 41.3. The minimum absolute atomic E-state index is 0.0850. The third-order valence-electron chi connectivity index (χ3n) is 11.0. The molecule has 0 aromatic rings. The van der Waals surface area contributed by atoms with E-state index in [9.17, 15) is 4.79 Å². The van der Waals surface area contributed by atoms with Crippen LogP contribution in [0.2, 0.25) is 0 Å². The third kappa shape index (κ3) is 39.5. The molecule has 2 unspecified atom stereocenters. The van der Waals surface area contributed by atoms with Gasteiger partial charge in [0.25, 0.3) is 0 Å². The molecule has 324 valence electrons. The highest BCUT2D eigenvalue weighted by molar-refractivity contribution is 5.75. The molecule has 0 radical (unpaired) electrons. The minimum atomic E-state index is -0.0855. The van der Waals surface area contributed by atoms with Crippen LogP contribution in [0.25, 0.3) is 0 Å². The lowest BCUT2D eigenvalue weighted by Gasteiger charge is -2.22. The zero-order chi connectivity index (χ0) is 39.7. The number of amides is 1. The normalized spacial score (nSPS) is 17.0. The van der Waals surface area contributed by atoms with Gasteiger partial charge in [-0.3, -0.25) is 4.79 Å². The van der Waals surface area contributed by atoms with Crippen LogP contribution >= 0.6 is 0 Å². The van der Waals surface area contributed by atoms with Gasteiger partial charge < -0.3 is 29.2 Å². The summed E-state index contributed by atoms with van der Waals surface area (Å²) in [5.74, 6) is 2.20. The lowest BCUT2D eigenvalue weighted by molar-refractivity contribution is -0.132. The molecule has 0 aliphatic heterocycles. The number of hydrogen-bond acceptors (Lipinski definition) is 6. The number of hydrogen-bond donors (Lipinski definition) is 1. The van der Waals surface area contributed by atoms with E-state index in [1.165, 1.54) is 154 Å². The zero-order valence-electron chi connectivity index (χ0n) is 37.5. The maximum absolute atomic E-state index is 11.4. The molecule has 0 aromatic heterocycles. The molecule has 1 N–H and O–H groups in total. The lowest BCUT2D eigenvalue weighted by atomic mass is 9.84. The first-order chi connectivity index (χ1) is 26.3. The number of nitrogens with zero attached hydrogens (tertiary/aromatic N) is 1. The summed E-state index contributed by atoms with van der Waals surface area (Å²) in [5.41, 5.74) is 0. The van der Waals surface area contributed by atoms with Crippen molar-refractivity contribution in [2.45, 2.75) is 234 Å². The average Bonchev–Trinajstić information content (AvgIpc) is 3.17. The zero-order valence-corrected chi connectivity index (χ0v) is 37.5. The lowest BCUT2D eigenvalue weighted by Crippen LogP contribution is -2.27. The first-order valence-corrected chi connectivity index (χ1v) is 23.8. The molecule has 1 aliphatic rings. The van der Waals surface area contributed by atoms with E-state index in [0.29, 0.717) is 6.42 Å². The van der Waals surface area contributed by atoms with Gasteiger partial charge >= 0.3 is 0 Å². The van der Waals surface area contributed by atoms with Crippen LogP contribution in [0.5, 0.6) is 0 Å². The van der Waals surface area contributed by atoms with Gasteiger partial charge in [-0.15, -0.1) is 0 Å². The Labute approximate surface area is 337 Å². The smallest absolute Gasteiger partial charge is 0.219 e. The molecule has 1 rings (SSSR count). The van der Waals surface area contributed by atoms with Crippen molar-refractivity contribution in [2.24, 2.45) is 11.8 Å². The first-order valence-electron chi connectivity index (χ1n) is 23.8. The number of carbonyl (C=O) groups is 1. The van der Waals surface area contributed by atoms with E-state index in [1.54, 1.807) is 0 Å². The largest absolute Gasteiger partial charge is 0.356 e. The van der Waals surface area contributed by atoms with Gasteiger partial charge in [-0.2, -0.15) is 0 Å². The fourth-order valence-corrected chi connectivity index (χ4v) is 7.02. The Morgan fingerprint density at radius 3 is 1.19 bits per heavy atom. The molecule has 1 saturated carbocycles. The molecule has 1 aliphatic carbocycles. The quantitative estimate of drug-likeness (QED) is 0.0498. The predicted molar refractivity (Wildman–Crippen MR) is 232 cm³/mol. The second-order valence-electron chi connectivity index (χ2n) is 16.6. The molecule has 0 spiro atoms. The van der Waals surface area contributed by atoms with Crippen LogP contribution in [0.15, 0.2) is 0 Å². The standard InChI is InChI=1S/C39H80N2O5.C8H16/c1-6-9-11-13-18-26-34-44-38(5)46-36-28-20-17-24-32-41(30-22-15-14-21-29-40-39(42)8-3)31-23-16-19-27-35-45-37(4)43-33-25-12-10-7-2;1-7-3-5-8(2)6-4-7/h37-38H,6-36H2,1-5H3,(H,40,42);7-8H,3-6H2,1-2H3. The monoisotopic (exact) mass is 769 g/mol. The van der Waals surface area contributed by atoms with Crippen LogP contribution in [0.3, 0.4) is 0 Å². The van der Waals surface area contributed by atoms with E-state index in [2.05, 4.69) is 37.9 Å².